The van der Waals surface area contributed by atoms with Crippen molar-refractivity contribution in [1.29, 1.82) is 0 Å². The molecule has 140 valence electrons. The van der Waals surface area contributed by atoms with Gasteiger partial charge in [-0.1, -0.05) is 36.6 Å². The lowest BCUT2D eigenvalue weighted by atomic mass is 9.89. The van der Waals surface area contributed by atoms with Crippen molar-refractivity contribution in [3.05, 3.63) is 29.7 Å². The molecule has 2 aromatic rings. The number of sulfonamides is 1. The predicted molar refractivity (Wildman–Crippen MR) is 98.3 cm³/mol. The van der Waals surface area contributed by atoms with E-state index in [-0.39, 0.29) is 0 Å². The lowest BCUT2D eigenvalue weighted by molar-refractivity contribution is 0.314. The molecular weight excluding hydrogens is 350 g/mol. The first kappa shape index (κ1) is 17.7. The predicted octanol–water partition coefficient (Wildman–Crippen LogP) is 3.88. The molecule has 4 rings (SSSR count). The maximum absolute atomic E-state index is 13.0. The minimum absolute atomic E-state index is 0.336. The Morgan fingerprint density at radius 2 is 1.81 bits per heavy atom. The fourth-order valence-electron chi connectivity index (χ4n) is 3.95. The van der Waals surface area contributed by atoms with Crippen molar-refractivity contribution >= 4 is 10.0 Å². The molecule has 0 unspecified atom stereocenters. The van der Waals surface area contributed by atoms with Gasteiger partial charge in [0.05, 0.1) is 4.90 Å². The van der Waals surface area contributed by atoms with E-state index < -0.39 is 10.0 Å². The fourth-order valence-corrected chi connectivity index (χ4v) is 5.72. The topological polar surface area (TPSA) is 76.3 Å². The summed E-state index contributed by atoms with van der Waals surface area (Å²) >= 11 is 0. The molecule has 0 bridgehead atoms. The van der Waals surface area contributed by atoms with Crippen LogP contribution in [0.4, 0.5) is 0 Å². The Bertz CT molecular complexity index is 879. The van der Waals surface area contributed by atoms with Gasteiger partial charge in [0.25, 0.3) is 0 Å². The third kappa shape index (κ3) is 3.30. The summed E-state index contributed by atoms with van der Waals surface area (Å²) < 4.78 is 33.0. The lowest BCUT2D eigenvalue weighted by Gasteiger charge is -2.17. The molecule has 1 saturated carbocycles. The molecule has 0 spiro atoms. The van der Waals surface area contributed by atoms with E-state index in [1.54, 1.807) is 10.4 Å². The van der Waals surface area contributed by atoms with E-state index in [0.29, 0.717) is 41.2 Å². The highest BCUT2D eigenvalue weighted by molar-refractivity contribution is 7.89. The Morgan fingerprint density at radius 1 is 1.08 bits per heavy atom. The summed E-state index contributed by atoms with van der Waals surface area (Å²) in [6, 6.07) is 5.39. The SMILES string of the molecule is Cc1ccc(-c2noc(C3CCCCC3)n2)cc1S(=O)(=O)N1CCCC1. The van der Waals surface area contributed by atoms with Crippen LogP contribution in [0.5, 0.6) is 0 Å². The molecule has 0 atom stereocenters. The quantitative estimate of drug-likeness (QED) is 0.810. The maximum Gasteiger partial charge on any atom is 0.243 e. The summed E-state index contributed by atoms with van der Waals surface area (Å²) in [6.07, 6.45) is 7.69. The van der Waals surface area contributed by atoms with Crippen molar-refractivity contribution in [2.24, 2.45) is 0 Å². The van der Waals surface area contributed by atoms with Gasteiger partial charge in [-0.15, -0.1) is 0 Å². The summed E-state index contributed by atoms with van der Waals surface area (Å²) in [5.74, 6) is 1.50. The van der Waals surface area contributed by atoms with Crippen molar-refractivity contribution < 1.29 is 12.9 Å². The Hall–Kier alpha value is -1.73. The second-order valence-corrected chi connectivity index (χ2v) is 9.29. The number of rotatable bonds is 4. The van der Waals surface area contributed by atoms with Crippen molar-refractivity contribution in [3.8, 4) is 11.4 Å². The first-order valence-electron chi connectivity index (χ1n) is 9.50. The van der Waals surface area contributed by atoms with Crippen LogP contribution >= 0.6 is 0 Å². The average molecular weight is 375 g/mol. The van der Waals surface area contributed by atoms with Gasteiger partial charge in [0.2, 0.25) is 21.7 Å². The number of nitrogens with zero attached hydrogens (tertiary/aromatic N) is 3. The van der Waals surface area contributed by atoms with E-state index in [9.17, 15) is 8.42 Å². The van der Waals surface area contributed by atoms with Crippen LogP contribution in [0.25, 0.3) is 11.4 Å². The molecule has 2 aliphatic rings. The number of benzene rings is 1. The van der Waals surface area contributed by atoms with Gasteiger partial charge in [0, 0.05) is 24.6 Å². The van der Waals surface area contributed by atoms with Crippen molar-refractivity contribution in [3.63, 3.8) is 0 Å². The molecular formula is C19H25N3O3S. The second-order valence-electron chi connectivity index (χ2n) is 7.38. The second kappa shape index (κ2) is 7.12. The normalized spacial score (nSPS) is 19.9. The largest absolute Gasteiger partial charge is 0.339 e. The van der Waals surface area contributed by atoms with E-state index in [2.05, 4.69) is 10.1 Å². The molecule has 1 aliphatic carbocycles. The highest BCUT2D eigenvalue weighted by atomic mass is 32.2. The standard InChI is InChI=1S/C19H25N3O3S/c1-14-9-10-16(13-17(14)26(23,24)22-11-5-6-12-22)18-20-19(25-21-18)15-7-3-2-4-8-15/h9-10,13,15H,2-8,11-12H2,1H3. The van der Waals surface area contributed by atoms with Crippen LogP contribution in [0.3, 0.4) is 0 Å². The minimum Gasteiger partial charge on any atom is -0.339 e. The van der Waals surface area contributed by atoms with Crippen LogP contribution in [0.15, 0.2) is 27.6 Å². The Morgan fingerprint density at radius 3 is 2.54 bits per heavy atom. The van der Waals surface area contributed by atoms with Gasteiger partial charge in [-0.05, 0) is 44.2 Å². The van der Waals surface area contributed by atoms with Crippen LogP contribution in [0, 0.1) is 6.92 Å². The molecule has 26 heavy (non-hydrogen) atoms. The highest BCUT2D eigenvalue weighted by Gasteiger charge is 2.29. The van der Waals surface area contributed by atoms with Gasteiger partial charge in [-0.25, -0.2) is 8.42 Å². The van der Waals surface area contributed by atoms with Gasteiger partial charge in [-0.2, -0.15) is 9.29 Å². The summed E-state index contributed by atoms with van der Waals surface area (Å²) in [4.78, 5) is 4.92. The van der Waals surface area contributed by atoms with Gasteiger partial charge in [0.15, 0.2) is 0 Å². The molecule has 0 amide bonds. The molecule has 2 heterocycles. The monoisotopic (exact) mass is 375 g/mol. The highest BCUT2D eigenvalue weighted by Crippen LogP contribution is 2.33. The first-order valence-corrected chi connectivity index (χ1v) is 10.9. The summed E-state index contributed by atoms with van der Waals surface area (Å²) in [6.45, 7) is 3.02. The Balaban J connectivity index is 1.65. The van der Waals surface area contributed by atoms with Crippen LogP contribution in [-0.2, 0) is 10.0 Å². The van der Waals surface area contributed by atoms with Crippen LogP contribution in [0.1, 0.15) is 62.3 Å². The van der Waals surface area contributed by atoms with Crippen molar-refractivity contribution in [2.75, 3.05) is 13.1 Å². The van der Waals surface area contributed by atoms with E-state index >= 15 is 0 Å². The lowest BCUT2D eigenvalue weighted by Crippen LogP contribution is -2.28. The van der Waals surface area contributed by atoms with Crippen LogP contribution < -0.4 is 0 Å². The third-order valence-electron chi connectivity index (χ3n) is 5.53. The molecule has 1 saturated heterocycles. The molecule has 1 aliphatic heterocycles. The zero-order valence-corrected chi connectivity index (χ0v) is 16.0. The summed E-state index contributed by atoms with van der Waals surface area (Å²) in [5.41, 5.74) is 1.44. The number of hydrogen-bond acceptors (Lipinski definition) is 5. The van der Waals surface area contributed by atoms with Gasteiger partial charge >= 0.3 is 0 Å². The van der Waals surface area contributed by atoms with Crippen LogP contribution in [0.2, 0.25) is 0 Å². The van der Waals surface area contributed by atoms with Crippen molar-refractivity contribution in [2.45, 2.75) is 62.7 Å². The van der Waals surface area contributed by atoms with Crippen LogP contribution in [-0.4, -0.2) is 36.0 Å². The molecule has 7 heteroatoms. The zero-order valence-electron chi connectivity index (χ0n) is 15.1. The first-order chi connectivity index (χ1) is 12.6. The summed E-state index contributed by atoms with van der Waals surface area (Å²) in [7, 11) is -3.47. The summed E-state index contributed by atoms with van der Waals surface area (Å²) in [5, 5.41) is 4.12. The Kier molecular flexibility index (Phi) is 4.84. The molecule has 0 N–H and O–H groups in total. The zero-order chi connectivity index (χ0) is 18.1. The fraction of sp³-hybridized carbons (Fsp3) is 0.579. The van der Waals surface area contributed by atoms with E-state index in [0.717, 1.165) is 31.2 Å². The van der Waals surface area contributed by atoms with E-state index in [1.165, 1.54) is 19.3 Å². The molecule has 1 aromatic heterocycles. The van der Waals surface area contributed by atoms with E-state index in [4.69, 9.17) is 4.52 Å². The number of aryl methyl sites for hydroxylation is 1. The molecule has 2 fully saturated rings. The Labute approximate surface area is 154 Å². The van der Waals surface area contributed by atoms with Gasteiger partial charge < -0.3 is 4.52 Å². The number of hydrogen-bond donors (Lipinski definition) is 0. The average Bonchev–Trinajstić information content (AvgIpc) is 3.35. The maximum atomic E-state index is 13.0. The molecule has 1 aromatic carbocycles. The van der Waals surface area contributed by atoms with Gasteiger partial charge in [-0.3, -0.25) is 0 Å². The molecule has 6 nitrogen and oxygen atoms in total. The minimum atomic E-state index is -3.47. The number of aromatic nitrogens is 2. The van der Waals surface area contributed by atoms with E-state index in [1.807, 2.05) is 19.1 Å². The smallest absolute Gasteiger partial charge is 0.243 e. The van der Waals surface area contributed by atoms with Gasteiger partial charge in [0.1, 0.15) is 0 Å². The molecule has 0 radical (unpaired) electrons. The van der Waals surface area contributed by atoms with Crippen molar-refractivity contribution in [1.82, 2.24) is 14.4 Å². The third-order valence-corrected chi connectivity index (χ3v) is 7.57.